The summed E-state index contributed by atoms with van der Waals surface area (Å²) in [6.45, 7) is -0.00162. The van der Waals surface area contributed by atoms with E-state index in [-0.39, 0.29) is 32.1 Å². The third-order valence-electron chi connectivity index (χ3n) is 3.28. The number of aromatic nitrogens is 2. The van der Waals surface area contributed by atoms with Crippen LogP contribution in [0, 0.1) is 0 Å². The SMILES string of the molecule is COCCOC(=O)Nc1ccn([C@H]2C[C@H](O)[C@@H](CO)O2)c(=O)n1. The first-order valence-corrected chi connectivity index (χ1v) is 7.01. The molecule has 23 heavy (non-hydrogen) atoms. The first-order chi connectivity index (χ1) is 11.0. The van der Waals surface area contributed by atoms with Gasteiger partial charge in [-0.3, -0.25) is 9.88 Å². The van der Waals surface area contributed by atoms with E-state index in [1.165, 1.54) is 23.9 Å². The van der Waals surface area contributed by atoms with Crippen LogP contribution in [0.5, 0.6) is 0 Å². The van der Waals surface area contributed by atoms with Crippen LogP contribution < -0.4 is 11.0 Å². The molecule has 1 amide bonds. The van der Waals surface area contributed by atoms with Crippen molar-refractivity contribution < 1.29 is 29.2 Å². The van der Waals surface area contributed by atoms with E-state index < -0.39 is 30.2 Å². The third-order valence-corrected chi connectivity index (χ3v) is 3.28. The number of aliphatic hydroxyl groups excluding tert-OH is 2. The van der Waals surface area contributed by atoms with Crippen LogP contribution in [0.25, 0.3) is 0 Å². The van der Waals surface area contributed by atoms with Crippen molar-refractivity contribution in [2.45, 2.75) is 24.9 Å². The molecule has 2 rings (SSSR count). The van der Waals surface area contributed by atoms with Crippen molar-refractivity contribution in [3.05, 3.63) is 22.7 Å². The van der Waals surface area contributed by atoms with Gasteiger partial charge >= 0.3 is 11.8 Å². The zero-order valence-corrected chi connectivity index (χ0v) is 12.5. The molecule has 0 spiro atoms. The number of nitrogens with one attached hydrogen (secondary N) is 1. The number of rotatable bonds is 6. The minimum atomic E-state index is -0.856. The number of carbonyl (C=O) groups excluding carboxylic acids is 1. The first kappa shape index (κ1) is 17.3. The molecule has 3 N–H and O–H groups in total. The van der Waals surface area contributed by atoms with E-state index in [1.54, 1.807) is 0 Å². The second kappa shape index (κ2) is 8.02. The van der Waals surface area contributed by atoms with Gasteiger partial charge in [-0.2, -0.15) is 4.98 Å². The summed E-state index contributed by atoms with van der Waals surface area (Å²) in [7, 11) is 1.48. The van der Waals surface area contributed by atoms with Gasteiger partial charge < -0.3 is 24.4 Å². The Kier molecular flexibility index (Phi) is 6.04. The molecule has 3 atom stereocenters. The van der Waals surface area contributed by atoms with E-state index in [4.69, 9.17) is 19.3 Å². The van der Waals surface area contributed by atoms with E-state index in [1.807, 2.05) is 0 Å². The van der Waals surface area contributed by atoms with E-state index in [0.717, 1.165) is 0 Å². The summed E-state index contributed by atoms with van der Waals surface area (Å²) < 4.78 is 16.1. The van der Waals surface area contributed by atoms with Gasteiger partial charge in [0.2, 0.25) is 0 Å². The zero-order chi connectivity index (χ0) is 16.8. The lowest BCUT2D eigenvalue weighted by atomic mass is 10.2. The quantitative estimate of drug-likeness (QED) is 0.571. The Morgan fingerprint density at radius 1 is 1.57 bits per heavy atom. The van der Waals surface area contributed by atoms with Crippen LogP contribution in [0.3, 0.4) is 0 Å². The van der Waals surface area contributed by atoms with Gasteiger partial charge in [0.15, 0.2) is 0 Å². The van der Waals surface area contributed by atoms with Gasteiger partial charge in [-0.05, 0) is 6.07 Å². The van der Waals surface area contributed by atoms with E-state index in [2.05, 4.69) is 10.3 Å². The van der Waals surface area contributed by atoms with Crippen molar-refractivity contribution in [2.24, 2.45) is 0 Å². The fourth-order valence-corrected chi connectivity index (χ4v) is 2.11. The van der Waals surface area contributed by atoms with Gasteiger partial charge in [-0.15, -0.1) is 0 Å². The molecule has 1 aliphatic rings. The molecule has 0 aliphatic carbocycles. The molecule has 0 saturated carbocycles. The topological polar surface area (TPSA) is 132 Å². The van der Waals surface area contributed by atoms with Crippen LogP contribution in [-0.2, 0) is 14.2 Å². The Labute approximate surface area is 131 Å². The Bertz CT molecular complexity index is 591. The Morgan fingerprint density at radius 3 is 2.96 bits per heavy atom. The molecular weight excluding hydrogens is 310 g/mol. The highest BCUT2D eigenvalue weighted by molar-refractivity contribution is 5.83. The minimum Gasteiger partial charge on any atom is -0.447 e. The largest absolute Gasteiger partial charge is 0.447 e. The highest BCUT2D eigenvalue weighted by Crippen LogP contribution is 2.27. The maximum Gasteiger partial charge on any atom is 0.412 e. The molecule has 10 nitrogen and oxygen atoms in total. The number of carbonyl (C=O) groups is 1. The van der Waals surface area contributed by atoms with Gasteiger partial charge in [0.25, 0.3) is 0 Å². The fourth-order valence-electron chi connectivity index (χ4n) is 2.11. The Hall–Kier alpha value is -2.01. The predicted molar refractivity (Wildman–Crippen MR) is 77.0 cm³/mol. The second-order valence-corrected chi connectivity index (χ2v) is 4.87. The van der Waals surface area contributed by atoms with Crippen LogP contribution in [0.1, 0.15) is 12.6 Å². The average Bonchev–Trinajstić information content (AvgIpc) is 2.88. The van der Waals surface area contributed by atoms with Crippen molar-refractivity contribution in [3.63, 3.8) is 0 Å². The maximum absolute atomic E-state index is 12.0. The molecule has 10 heteroatoms. The molecule has 1 fully saturated rings. The van der Waals surface area contributed by atoms with Crippen LogP contribution >= 0.6 is 0 Å². The van der Waals surface area contributed by atoms with Gasteiger partial charge in [0, 0.05) is 19.7 Å². The summed E-state index contributed by atoms with van der Waals surface area (Å²) in [5, 5.41) is 21.0. The lowest BCUT2D eigenvalue weighted by molar-refractivity contribution is -0.0458. The van der Waals surface area contributed by atoms with Crippen LogP contribution in [-0.4, -0.2) is 65.0 Å². The Morgan fingerprint density at radius 2 is 2.35 bits per heavy atom. The normalized spacial score (nSPS) is 23.7. The lowest BCUT2D eigenvalue weighted by Gasteiger charge is -2.14. The molecule has 0 bridgehead atoms. The van der Waals surface area contributed by atoms with Gasteiger partial charge in [-0.25, -0.2) is 9.59 Å². The monoisotopic (exact) mass is 329 g/mol. The summed E-state index contributed by atoms with van der Waals surface area (Å²) >= 11 is 0. The highest BCUT2D eigenvalue weighted by atomic mass is 16.6. The lowest BCUT2D eigenvalue weighted by Crippen LogP contribution is -2.29. The molecule has 1 aromatic heterocycles. The fraction of sp³-hybridized carbons (Fsp3) is 0.615. The van der Waals surface area contributed by atoms with Crippen LogP contribution in [0.15, 0.2) is 17.1 Å². The molecule has 0 unspecified atom stereocenters. The van der Waals surface area contributed by atoms with E-state index >= 15 is 0 Å². The zero-order valence-electron chi connectivity index (χ0n) is 12.5. The summed E-state index contributed by atoms with van der Waals surface area (Å²) in [5.74, 6) is 0.0333. The summed E-state index contributed by atoms with van der Waals surface area (Å²) in [6.07, 6.45) is -1.51. The molecule has 0 radical (unpaired) electrons. The standard InChI is InChI=1S/C13H19N3O7/c1-21-4-5-22-13(20)15-10-2-3-16(12(19)14-10)11-6-8(18)9(7-17)23-11/h2-3,8-9,11,17-18H,4-7H2,1H3,(H,14,15,19,20)/t8-,9+,11+/m0/s1. The first-order valence-electron chi connectivity index (χ1n) is 7.01. The third kappa shape index (κ3) is 4.48. The average molecular weight is 329 g/mol. The van der Waals surface area contributed by atoms with Crippen molar-refractivity contribution in [2.75, 3.05) is 32.2 Å². The number of amides is 1. The highest BCUT2D eigenvalue weighted by Gasteiger charge is 2.34. The minimum absolute atomic E-state index is 0.0333. The predicted octanol–water partition coefficient (Wildman–Crippen LogP) is -0.921. The van der Waals surface area contributed by atoms with Crippen molar-refractivity contribution in [1.29, 1.82) is 0 Å². The van der Waals surface area contributed by atoms with Crippen molar-refractivity contribution in [1.82, 2.24) is 9.55 Å². The summed E-state index contributed by atoms with van der Waals surface area (Å²) in [5.41, 5.74) is -0.657. The molecular formula is C13H19N3O7. The number of anilines is 1. The van der Waals surface area contributed by atoms with Gasteiger partial charge in [0.1, 0.15) is 24.8 Å². The molecule has 2 heterocycles. The molecule has 1 aliphatic heterocycles. The number of hydrogen-bond donors (Lipinski definition) is 3. The summed E-state index contributed by atoms with van der Waals surface area (Å²) in [6, 6.07) is 1.40. The second-order valence-electron chi connectivity index (χ2n) is 4.87. The van der Waals surface area contributed by atoms with Crippen molar-refractivity contribution >= 4 is 11.9 Å². The summed E-state index contributed by atoms with van der Waals surface area (Å²) in [4.78, 5) is 27.1. The van der Waals surface area contributed by atoms with Gasteiger partial charge in [0.05, 0.1) is 19.3 Å². The molecule has 1 aromatic rings. The van der Waals surface area contributed by atoms with E-state index in [0.29, 0.717) is 0 Å². The van der Waals surface area contributed by atoms with Crippen LogP contribution in [0.2, 0.25) is 0 Å². The molecule has 128 valence electrons. The van der Waals surface area contributed by atoms with Crippen LogP contribution in [0.4, 0.5) is 10.6 Å². The maximum atomic E-state index is 12.0. The number of aliphatic hydroxyl groups is 2. The number of hydrogen-bond acceptors (Lipinski definition) is 8. The van der Waals surface area contributed by atoms with E-state index in [9.17, 15) is 14.7 Å². The number of nitrogens with zero attached hydrogens (tertiary/aromatic N) is 2. The number of ether oxygens (including phenoxy) is 3. The smallest absolute Gasteiger partial charge is 0.412 e. The Balaban J connectivity index is 1.98. The van der Waals surface area contributed by atoms with Gasteiger partial charge in [-0.1, -0.05) is 0 Å². The molecule has 0 aromatic carbocycles. The number of methoxy groups -OCH3 is 1. The molecule has 1 saturated heterocycles. The van der Waals surface area contributed by atoms with Crippen molar-refractivity contribution in [3.8, 4) is 0 Å².